The zero-order valence-corrected chi connectivity index (χ0v) is 13.5. The normalized spacial score (nSPS) is 22.9. The number of carboxylic acid groups (broad SMARTS) is 1. The zero-order chi connectivity index (χ0) is 17.6. The molecule has 1 aromatic carbocycles. The van der Waals surface area contributed by atoms with Crippen LogP contribution in [0.4, 0.5) is 0 Å². The molecule has 0 saturated carbocycles. The van der Waals surface area contributed by atoms with Crippen LogP contribution in [-0.2, 0) is 9.59 Å². The van der Waals surface area contributed by atoms with Crippen LogP contribution in [0.5, 0.6) is 0 Å². The van der Waals surface area contributed by atoms with Gasteiger partial charge in [0.15, 0.2) is 0 Å². The van der Waals surface area contributed by atoms with Crippen molar-refractivity contribution in [1.29, 1.82) is 0 Å². The van der Waals surface area contributed by atoms with E-state index < -0.39 is 29.1 Å². The SMILES string of the molecule is Cc1ccc2c(c1)C(=O)N(CC(=O)N1CCC(C)(C(=O)O)C1)C2=O. The van der Waals surface area contributed by atoms with Crippen LogP contribution in [0.2, 0.25) is 0 Å². The second-order valence-electron chi connectivity index (χ2n) is 6.68. The molecule has 0 aromatic heterocycles. The number of nitrogens with zero attached hydrogens (tertiary/aromatic N) is 2. The van der Waals surface area contributed by atoms with Crippen molar-refractivity contribution in [3.05, 3.63) is 34.9 Å². The minimum Gasteiger partial charge on any atom is -0.481 e. The van der Waals surface area contributed by atoms with Gasteiger partial charge in [0.25, 0.3) is 11.8 Å². The van der Waals surface area contributed by atoms with Crippen molar-refractivity contribution in [3.63, 3.8) is 0 Å². The molecule has 0 radical (unpaired) electrons. The predicted octanol–water partition coefficient (Wildman–Crippen LogP) is 0.914. The second kappa shape index (κ2) is 5.43. The van der Waals surface area contributed by atoms with Crippen LogP contribution < -0.4 is 0 Å². The van der Waals surface area contributed by atoms with Gasteiger partial charge in [0.05, 0.1) is 16.5 Å². The molecule has 1 unspecified atom stereocenters. The Bertz CT molecular complexity index is 772. The number of aliphatic carboxylic acids is 1. The molecule has 0 bridgehead atoms. The van der Waals surface area contributed by atoms with Crippen molar-refractivity contribution in [2.24, 2.45) is 5.41 Å². The van der Waals surface area contributed by atoms with Crippen molar-refractivity contribution < 1.29 is 24.3 Å². The Morgan fingerprint density at radius 3 is 2.50 bits per heavy atom. The number of carbonyl (C=O) groups is 4. The van der Waals surface area contributed by atoms with Gasteiger partial charge >= 0.3 is 5.97 Å². The average Bonchev–Trinajstić information content (AvgIpc) is 3.03. The Balaban J connectivity index is 1.74. The number of carbonyl (C=O) groups excluding carboxylic acids is 3. The molecule has 126 valence electrons. The fourth-order valence-corrected chi connectivity index (χ4v) is 3.13. The topological polar surface area (TPSA) is 95.0 Å². The molecule has 24 heavy (non-hydrogen) atoms. The van der Waals surface area contributed by atoms with Gasteiger partial charge in [-0.3, -0.25) is 24.1 Å². The van der Waals surface area contributed by atoms with Gasteiger partial charge < -0.3 is 10.0 Å². The number of amides is 3. The summed E-state index contributed by atoms with van der Waals surface area (Å²) in [4.78, 5) is 50.7. The quantitative estimate of drug-likeness (QED) is 0.831. The first-order valence-electron chi connectivity index (χ1n) is 7.71. The van der Waals surface area contributed by atoms with E-state index in [0.717, 1.165) is 10.5 Å². The fraction of sp³-hybridized carbons (Fsp3) is 0.412. The summed E-state index contributed by atoms with van der Waals surface area (Å²) in [6.45, 7) is 3.45. The predicted molar refractivity (Wildman–Crippen MR) is 83.5 cm³/mol. The van der Waals surface area contributed by atoms with E-state index in [9.17, 15) is 24.3 Å². The molecule has 1 aromatic rings. The Hall–Kier alpha value is -2.70. The largest absolute Gasteiger partial charge is 0.481 e. The van der Waals surface area contributed by atoms with Crippen molar-refractivity contribution in [2.75, 3.05) is 19.6 Å². The smallest absolute Gasteiger partial charge is 0.311 e. The summed E-state index contributed by atoms with van der Waals surface area (Å²) in [5.41, 5.74) is 0.494. The molecule has 7 heteroatoms. The van der Waals surface area contributed by atoms with Crippen LogP contribution in [0, 0.1) is 12.3 Å². The molecule has 2 aliphatic heterocycles. The number of fused-ring (bicyclic) bond motifs is 1. The summed E-state index contributed by atoms with van der Waals surface area (Å²) in [5, 5.41) is 9.23. The van der Waals surface area contributed by atoms with Gasteiger partial charge in [0, 0.05) is 13.1 Å². The fourth-order valence-electron chi connectivity index (χ4n) is 3.13. The third-order valence-electron chi connectivity index (χ3n) is 4.76. The van der Waals surface area contributed by atoms with Gasteiger partial charge in [0.2, 0.25) is 5.91 Å². The van der Waals surface area contributed by atoms with Crippen LogP contribution in [-0.4, -0.2) is 58.2 Å². The second-order valence-corrected chi connectivity index (χ2v) is 6.68. The lowest BCUT2D eigenvalue weighted by molar-refractivity contribution is -0.147. The van der Waals surface area contributed by atoms with E-state index in [1.54, 1.807) is 25.1 Å². The first-order valence-corrected chi connectivity index (χ1v) is 7.71. The molecule has 3 rings (SSSR count). The summed E-state index contributed by atoms with van der Waals surface area (Å²) < 4.78 is 0. The Morgan fingerprint density at radius 2 is 1.88 bits per heavy atom. The number of imide groups is 1. The number of likely N-dealkylation sites (tertiary alicyclic amines) is 1. The lowest BCUT2D eigenvalue weighted by Gasteiger charge is -2.22. The highest BCUT2D eigenvalue weighted by Crippen LogP contribution is 2.30. The number of aryl methyl sites for hydroxylation is 1. The molecular formula is C17H18N2O5. The molecule has 3 amide bonds. The molecule has 7 nitrogen and oxygen atoms in total. The molecule has 0 spiro atoms. The highest BCUT2D eigenvalue weighted by atomic mass is 16.4. The zero-order valence-electron chi connectivity index (χ0n) is 13.5. The third-order valence-corrected chi connectivity index (χ3v) is 4.76. The van der Waals surface area contributed by atoms with Crippen LogP contribution in [0.15, 0.2) is 18.2 Å². The van der Waals surface area contributed by atoms with E-state index >= 15 is 0 Å². The van der Waals surface area contributed by atoms with E-state index in [-0.39, 0.29) is 13.1 Å². The minimum atomic E-state index is -0.977. The maximum atomic E-state index is 12.4. The van der Waals surface area contributed by atoms with E-state index in [2.05, 4.69) is 0 Å². The molecule has 1 atom stereocenters. The Labute approximate surface area is 138 Å². The highest BCUT2D eigenvalue weighted by Gasteiger charge is 2.44. The van der Waals surface area contributed by atoms with E-state index in [1.807, 2.05) is 6.92 Å². The monoisotopic (exact) mass is 330 g/mol. The molecule has 0 aliphatic carbocycles. The first-order chi connectivity index (χ1) is 11.2. The van der Waals surface area contributed by atoms with Crippen molar-refractivity contribution in [2.45, 2.75) is 20.3 Å². The van der Waals surface area contributed by atoms with Gasteiger partial charge in [-0.15, -0.1) is 0 Å². The summed E-state index contributed by atoms with van der Waals surface area (Å²) >= 11 is 0. The average molecular weight is 330 g/mol. The van der Waals surface area contributed by atoms with Crippen LogP contribution in [0.25, 0.3) is 0 Å². The van der Waals surface area contributed by atoms with Gasteiger partial charge in [-0.25, -0.2) is 0 Å². The molecular weight excluding hydrogens is 312 g/mol. The number of benzene rings is 1. The Kier molecular flexibility index (Phi) is 3.66. The third kappa shape index (κ3) is 2.46. The van der Waals surface area contributed by atoms with Crippen LogP contribution in [0.3, 0.4) is 0 Å². The number of hydrogen-bond acceptors (Lipinski definition) is 4. The molecule has 2 aliphatic rings. The van der Waals surface area contributed by atoms with Crippen molar-refractivity contribution >= 4 is 23.7 Å². The minimum absolute atomic E-state index is 0.0868. The summed E-state index contributed by atoms with van der Waals surface area (Å²) in [5.74, 6) is -2.32. The number of carboxylic acids is 1. The first kappa shape index (κ1) is 16.2. The maximum Gasteiger partial charge on any atom is 0.311 e. The molecule has 1 saturated heterocycles. The molecule has 1 fully saturated rings. The number of rotatable bonds is 3. The lowest BCUT2D eigenvalue weighted by Crippen LogP contribution is -2.43. The van der Waals surface area contributed by atoms with Gasteiger partial charge in [-0.05, 0) is 32.4 Å². The summed E-state index contributed by atoms with van der Waals surface area (Å²) in [6.07, 6.45) is 0.357. The summed E-state index contributed by atoms with van der Waals surface area (Å²) in [6, 6.07) is 4.97. The number of hydrogen-bond donors (Lipinski definition) is 1. The van der Waals surface area contributed by atoms with Crippen LogP contribution >= 0.6 is 0 Å². The lowest BCUT2D eigenvalue weighted by atomic mass is 9.90. The van der Waals surface area contributed by atoms with Gasteiger partial charge in [0.1, 0.15) is 6.54 Å². The summed E-state index contributed by atoms with van der Waals surface area (Å²) in [7, 11) is 0. The van der Waals surface area contributed by atoms with Crippen molar-refractivity contribution in [1.82, 2.24) is 9.80 Å². The molecule has 1 N–H and O–H groups in total. The Morgan fingerprint density at radius 1 is 1.21 bits per heavy atom. The van der Waals surface area contributed by atoms with Crippen LogP contribution in [0.1, 0.15) is 39.6 Å². The van der Waals surface area contributed by atoms with E-state index in [1.165, 1.54) is 4.90 Å². The van der Waals surface area contributed by atoms with Gasteiger partial charge in [-0.2, -0.15) is 0 Å². The van der Waals surface area contributed by atoms with Crippen molar-refractivity contribution in [3.8, 4) is 0 Å². The van der Waals surface area contributed by atoms with Gasteiger partial charge in [-0.1, -0.05) is 11.6 Å². The maximum absolute atomic E-state index is 12.4. The highest BCUT2D eigenvalue weighted by molar-refractivity contribution is 6.22. The standard InChI is InChI=1S/C17H18N2O5/c1-10-3-4-11-12(7-10)15(22)19(14(11)21)8-13(20)18-6-5-17(2,9-18)16(23)24/h3-4,7H,5-6,8-9H2,1-2H3,(H,23,24). The molecule has 2 heterocycles. The van der Waals surface area contributed by atoms with E-state index in [4.69, 9.17) is 0 Å². The van der Waals surface area contributed by atoms with E-state index in [0.29, 0.717) is 24.1 Å².